The summed E-state index contributed by atoms with van der Waals surface area (Å²) in [5.74, 6) is 1.02. The van der Waals surface area contributed by atoms with Gasteiger partial charge in [-0.1, -0.05) is 25.0 Å². The lowest BCUT2D eigenvalue weighted by Crippen LogP contribution is -2.53. The standard InChI is InChI=1S/C19H30N2O2/c1-13-10-15(11-14(2)17(13)23-5)12-21(4)18(22)16-8-6-7-9-19(16,3)20/h10-11,16H,6-9,12,20H2,1-5H3. The lowest BCUT2D eigenvalue weighted by atomic mass is 9.74. The lowest BCUT2D eigenvalue weighted by molar-refractivity contribution is -0.138. The highest BCUT2D eigenvalue weighted by atomic mass is 16.5. The topological polar surface area (TPSA) is 55.6 Å². The Morgan fingerprint density at radius 3 is 2.48 bits per heavy atom. The molecule has 23 heavy (non-hydrogen) atoms. The van der Waals surface area contributed by atoms with E-state index in [4.69, 9.17) is 10.5 Å². The third-order valence-electron chi connectivity index (χ3n) is 5.07. The van der Waals surface area contributed by atoms with E-state index in [0.717, 1.165) is 48.1 Å². The molecule has 1 amide bonds. The fourth-order valence-corrected chi connectivity index (χ4v) is 3.83. The summed E-state index contributed by atoms with van der Waals surface area (Å²) in [6, 6.07) is 4.19. The summed E-state index contributed by atoms with van der Waals surface area (Å²) in [5, 5.41) is 0. The minimum atomic E-state index is -0.380. The summed E-state index contributed by atoms with van der Waals surface area (Å²) in [6.07, 6.45) is 4.05. The molecule has 1 aliphatic carbocycles. The zero-order chi connectivity index (χ0) is 17.2. The van der Waals surface area contributed by atoms with Gasteiger partial charge in [0, 0.05) is 19.1 Å². The predicted molar refractivity (Wildman–Crippen MR) is 93.5 cm³/mol. The van der Waals surface area contributed by atoms with Gasteiger partial charge >= 0.3 is 0 Å². The number of aryl methyl sites for hydroxylation is 2. The lowest BCUT2D eigenvalue weighted by Gasteiger charge is -2.39. The van der Waals surface area contributed by atoms with E-state index in [0.29, 0.717) is 6.54 Å². The molecule has 1 saturated carbocycles. The van der Waals surface area contributed by atoms with Crippen LogP contribution in [0.4, 0.5) is 0 Å². The Hall–Kier alpha value is -1.55. The van der Waals surface area contributed by atoms with Crippen molar-refractivity contribution in [1.29, 1.82) is 0 Å². The van der Waals surface area contributed by atoms with Crippen LogP contribution in [0.2, 0.25) is 0 Å². The molecule has 2 rings (SSSR count). The number of benzene rings is 1. The van der Waals surface area contributed by atoms with Crippen LogP contribution in [0.1, 0.15) is 49.3 Å². The van der Waals surface area contributed by atoms with Gasteiger partial charge in [-0.2, -0.15) is 0 Å². The first-order valence-electron chi connectivity index (χ1n) is 8.44. The number of nitrogens with zero attached hydrogens (tertiary/aromatic N) is 1. The van der Waals surface area contributed by atoms with Crippen LogP contribution in [-0.2, 0) is 11.3 Å². The van der Waals surface area contributed by atoms with Gasteiger partial charge in [0.15, 0.2) is 0 Å². The summed E-state index contributed by atoms with van der Waals surface area (Å²) in [4.78, 5) is 14.7. The summed E-state index contributed by atoms with van der Waals surface area (Å²) >= 11 is 0. The van der Waals surface area contributed by atoms with Gasteiger partial charge < -0.3 is 15.4 Å². The van der Waals surface area contributed by atoms with E-state index in [1.165, 1.54) is 0 Å². The summed E-state index contributed by atoms with van der Waals surface area (Å²) in [6.45, 7) is 6.70. The minimum Gasteiger partial charge on any atom is -0.496 e. The van der Waals surface area contributed by atoms with Crippen LogP contribution in [0.15, 0.2) is 12.1 Å². The van der Waals surface area contributed by atoms with E-state index in [2.05, 4.69) is 12.1 Å². The molecule has 2 atom stereocenters. The predicted octanol–water partition coefficient (Wildman–Crippen LogP) is 3.18. The number of nitrogens with two attached hydrogens (primary N) is 1. The molecular weight excluding hydrogens is 288 g/mol. The van der Waals surface area contributed by atoms with Crippen LogP contribution < -0.4 is 10.5 Å². The number of ether oxygens (including phenoxy) is 1. The summed E-state index contributed by atoms with van der Waals surface area (Å²) in [7, 11) is 3.57. The Balaban J connectivity index is 2.12. The molecule has 0 aromatic heterocycles. The van der Waals surface area contributed by atoms with Gasteiger partial charge in [-0.05, 0) is 50.3 Å². The molecule has 2 unspecified atom stereocenters. The molecule has 0 aliphatic heterocycles. The van der Waals surface area contributed by atoms with Crippen molar-refractivity contribution < 1.29 is 9.53 Å². The second-order valence-corrected chi connectivity index (χ2v) is 7.26. The molecular formula is C19H30N2O2. The minimum absolute atomic E-state index is 0.0679. The number of carbonyl (C=O) groups excluding carboxylic acids is 1. The summed E-state index contributed by atoms with van der Waals surface area (Å²) < 4.78 is 5.41. The number of hydrogen-bond donors (Lipinski definition) is 1. The first-order valence-corrected chi connectivity index (χ1v) is 8.44. The number of carbonyl (C=O) groups is 1. The van der Waals surface area contributed by atoms with Crippen LogP contribution >= 0.6 is 0 Å². The van der Waals surface area contributed by atoms with Gasteiger partial charge in [-0.3, -0.25) is 4.79 Å². The molecule has 128 valence electrons. The van der Waals surface area contributed by atoms with Crippen molar-refractivity contribution in [2.24, 2.45) is 11.7 Å². The Labute approximate surface area is 140 Å². The monoisotopic (exact) mass is 318 g/mol. The first-order chi connectivity index (χ1) is 10.8. The van der Waals surface area contributed by atoms with Crippen LogP contribution in [0, 0.1) is 19.8 Å². The largest absolute Gasteiger partial charge is 0.496 e. The third kappa shape index (κ3) is 3.86. The maximum absolute atomic E-state index is 12.8. The molecule has 0 saturated heterocycles. The molecule has 4 heteroatoms. The van der Waals surface area contributed by atoms with Gasteiger partial charge in [0.05, 0.1) is 13.0 Å². The first kappa shape index (κ1) is 17.8. The van der Waals surface area contributed by atoms with Crippen molar-refractivity contribution >= 4 is 5.91 Å². The zero-order valence-electron chi connectivity index (χ0n) is 15.1. The molecule has 1 fully saturated rings. The van der Waals surface area contributed by atoms with Crippen molar-refractivity contribution in [3.63, 3.8) is 0 Å². The van der Waals surface area contributed by atoms with Gasteiger partial charge in [-0.15, -0.1) is 0 Å². The highest BCUT2D eigenvalue weighted by Crippen LogP contribution is 2.33. The summed E-state index contributed by atoms with van der Waals surface area (Å²) in [5.41, 5.74) is 9.33. The molecule has 2 N–H and O–H groups in total. The maximum Gasteiger partial charge on any atom is 0.227 e. The van der Waals surface area contributed by atoms with Gasteiger partial charge in [0.1, 0.15) is 5.75 Å². The van der Waals surface area contributed by atoms with Crippen LogP contribution in [-0.4, -0.2) is 30.5 Å². The highest BCUT2D eigenvalue weighted by molar-refractivity contribution is 5.80. The van der Waals surface area contributed by atoms with Crippen LogP contribution in [0.3, 0.4) is 0 Å². The van der Waals surface area contributed by atoms with Crippen molar-refractivity contribution in [3.8, 4) is 5.75 Å². The highest BCUT2D eigenvalue weighted by Gasteiger charge is 2.39. The van der Waals surface area contributed by atoms with E-state index in [1.54, 1.807) is 7.11 Å². The average Bonchev–Trinajstić information content (AvgIpc) is 2.45. The molecule has 0 heterocycles. The Bertz CT molecular complexity index is 558. The number of rotatable bonds is 4. The number of hydrogen-bond acceptors (Lipinski definition) is 3. The fourth-order valence-electron chi connectivity index (χ4n) is 3.83. The van der Waals surface area contributed by atoms with Crippen molar-refractivity contribution in [2.75, 3.05) is 14.2 Å². The number of methoxy groups -OCH3 is 1. The van der Waals surface area contributed by atoms with E-state index < -0.39 is 0 Å². The van der Waals surface area contributed by atoms with Crippen molar-refractivity contribution in [2.45, 2.75) is 58.5 Å². The zero-order valence-corrected chi connectivity index (χ0v) is 15.1. The Kier molecular flexibility index (Phi) is 5.35. The Morgan fingerprint density at radius 1 is 1.35 bits per heavy atom. The van der Waals surface area contributed by atoms with E-state index in [1.807, 2.05) is 32.7 Å². The third-order valence-corrected chi connectivity index (χ3v) is 5.07. The van der Waals surface area contributed by atoms with Gasteiger partial charge in [0.25, 0.3) is 0 Å². The smallest absolute Gasteiger partial charge is 0.227 e. The second kappa shape index (κ2) is 6.91. The maximum atomic E-state index is 12.8. The normalized spacial score (nSPS) is 24.3. The van der Waals surface area contributed by atoms with Crippen molar-refractivity contribution in [1.82, 2.24) is 4.90 Å². The quantitative estimate of drug-likeness (QED) is 0.927. The van der Waals surface area contributed by atoms with E-state index in [9.17, 15) is 4.79 Å². The average molecular weight is 318 g/mol. The van der Waals surface area contributed by atoms with Gasteiger partial charge in [-0.25, -0.2) is 0 Å². The van der Waals surface area contributed by atoms with Crippen LogP contribution in [0.25, 0.3) is 0 Å². The van der Waals surface area contributed by atoms with Crippen molar-refractivity contribution in [3.05, 3.63) is 28.8 Å². The molecule has 1 aromatic rings. The number of amides is 1. The van der Waals surface area contributed by atoms with E-state index in [-0.39, 0.29) is 17.4 Å². The second-order valence-electron chi connectivity index (χ2n) is 7.26. The van der Waals surface area contributed by atoms with Crippen LogP contribution in [0.5, 0.6) is 5.75 Å². The fraction of sp³-hybridized carbons (Fsp3) is 0.632. The molecule has 4 nitrogen and oxygen atoms in total. The molecule has 0 spiro atoms. The van der Waals surface area contributed by atoms with Gasteiger partial charge in [0.2, 0.25) is 5.91 Å². The van der Waals surface area contributed by atoms with E-state index >= 15 is 0 Å². The molecule has 1 aromatic carbocycles. The SMILES string of the molecule is COc1c(C)cc(CN(C)C(=O)C2CCCCC2(C)N)cc1C. The molecule has 0 radical (unpaired) electrons. The molecule has 0 bridgehead atoms. The Morgan fingerprint density at radius 2 is 1.96 bits per heavy atom. The molecule has 1 aliphatic rings.